The number of hydrogen-bond donors (Lipinski definition) is 1. The van der Waals surface area contributed by atoms with Crippen LogP contribution in [-0.2, 0) is 6.54 Å². The fourth-order valence-corrected chi connectivity index (χ4v) is 4.11. The van der Waals surface area contributed by atoms with Crippen LogP contribution in [0.1, 0.15) is 25.5 Å². The third kappa shape index (κ3) is 4.14. The Hall–Kier alpha value is -1.63. The lowest BCUT2D eigenvalue weighted by atomic mass is 9.99. The summed E-state index contributed by atoms with van der Waals surface area (Å²) in [7, 11) is 0. The molecule has 0 bridgehead atoms. The van der Waals surface area contributed by atoms with Crippen molar-refractivity contribution < 1.29 is 9.47 Å². The van der Waals surface area contributed by atoms with Crippen LogP contribution in [0.3, 0.4) is 0 Å². The highest BCUT2D eigenvalue weighted by Crippen LogP contribution is 2.36. The molecule has 25 heavy (non-hydrogen) atoms. The minimum absolute atomic E-state index is 0.307. The fourth-order valence-electron chi connectivity index (χ4n) is 3.29. The van der Waals surface area contributed by atoms with Crippen LogP contribution in [0.2, 0.25) is 0 Å². The third-order valence-corrected chi connectivity index (χ3v) is 5.90. The zero-order valence-corrected chi connectivity index (χ0v) is 15.5. The van der Waals surface area contributed by atoms with Crippen molar-refractivity contribution >= 4 is 11.3 Å². The summed E-state index contributed by atoms with van der Waals surface area (Å²) in [6.45, 7) is 8.13. The minimum Gasteiger partial charge on any atom is -0.454 e. The summed E-state index contributed by atoms with van der Waals surface area (Å²) >= 11 is 1.68. The Morgan fingerprint density at radius 1 is 1.24 bits per heavy atom. The molecule has 1 N–H and O–H groups in total. The van der Waals surface area contributed by atoms with E-state index in [1.807, 2.05) is 18.2 Å². The van der Waals surface area contributed by atoms with E-state index in [1.54, 1.807) is 11.3 Å². The van der Waals surface area contributed by atoms with Crippen molar-refractivity contribution in [3.63, 3.8) is 0 Å². The summed E-state index contributed by atoms with van der Waals surface area (Å²) in [5.74, 6) is 2.52. The number of fused-ring (bicyclic) bond motifs is 1. The van der Waals surface area contributed by atoms with Crippen molar-refractivity contribution in [2.75, 3.05) is 33.0 Å². The molecule has 6 heteroatoms. The van der Waals surface area contributed by atoms with Gasteiger partial charge in [0.25, 0.3) is 0 Å². The predicted molar refractivity (Wildman–Crippen MR) is 100 cm³/mol. The summed E-state index contributed by atoms with van der Waals surface area (Å²) in [6, 6.07) is 6.01. The number of hydrogen-bond acceptors (Lipinski definition) is 6. The van der Waals surface area contributed by atoms with Gasteiger partial charge in [-0.3, -0.25) is 0 Å². The van der Waals surface area contributed by atoms with E-state index in [-0.39, 0.29) is 0 Å². The Morgan fingerprint density at radius 2 is 2.08 bits per heavy atom. The van der Waals surface area contributed by atoms with Crippen LogP contribution in [0.5, 0.6) is 11.5 Å². The van der Waals surface area contributed by atoms with Crippen molar-refractivity contribution in [3.05, 3.63) is 29.3 Å². The van der Waals surface area contributed by atoms with Crippen LogP contribution in [0.4, 0.5) is 0 Å². The summed E-state index contributed by atoms with van der Waals surface area (Å²) < 4.78 is 10.8. The van der Waals surface area contributed by atoms with Gasteiger partial charge in [0.2, 0.25) is 6.79 Å². The van der Waals surface area contributed by atoms with Gasteiger partial charge in [-0.15, -0.1) is 11.3 Å². The van der Waals surface area contributed by atoms with Crippen LogP contribution in [0.25, 0.3) is 10.6 Å². The number of likely N-dealkylation sites (tertiary alicyclic amines) is 1. The SMILES string of the molecule is CC1CCN(CCNCc2csc(-c3ccc4c(c3)OCO4)n2)CC1. The Balaban J connectivity index is 1.26. The molecule has 1 aromatic heterocycles. The smallest absolute Gasteiger partial charge is 0.231 e. The molecular formula is C19H25N3O2S. The van der Waals surface area contributed by atoms with Gasteiger partial charge in [-0.1, -0.05) is 6.92 Å². The van der Waals surface area contributed by atoms with E-state index >= 15 is 0 Å². The molecule has 1 fully saturated rings. The van der Waals surface area contributed by atoms with Crippen molar-refractivity contribution in [1.82, 2.24) is 15.2 Å². The highest BCUT2D eigenvalue weighted by Gasteiger charge is 2.16. The molecule has 2 aliphatic rings. The second-order valence-electron chi connectivity index (χ2n) is 6.91. The summed E-state index contributed by atoms with van der Waals surface area (Å²) in [5.41, 5.74) is 2.19. The Kier molecular flexibility index (Phi) is 5.20. The van der Waals surface area contributed by atoms with E-state index in [1.165, 1.54) is 25.9 Å². The van der Waals surface area contributed by atoms with Crippen molar-refractivity contribution in [2.24, 2.45) is 5.92 Å². The molecule has 3 heterocycles. The Labute approximate surface area is 153 Å². The quantitative estimate of drug-likeness (QED) is 0.802. The van der Waals surface area contributed by atoms with Crippen LogP contribution >= 0.6 is 11.3 Å². The molecule has 0 atom stereocenters. The normalized spacial score (nSPS) is 18.0. The molecule has 0 spiro atoms. The molecule has 1 aromatic carbocycles. The fraction of sp³-hybridized carbons (Fsp3) is 0.526. The zero-order valence-electron chi connectivity index (χ0n) is 14.7. The molecule has 2 aliphatic heterocycles. The maximum atomic E-state index is 5.45. The van der Waals surface area contributed by atoms with Gasteiger partial charge in [0.05, 0.1) is 5.69 Å². The number of benzene rings is 1. The highest BCUT2D eigenvalue weighted by atomic mass is 32.1. The van der Waals surface area contributed by atoms with Gasteiger partial charge in [0, 0.05) is 30.6 Å². The first kappa shape index (κ1) is 16.8. The average molecular weight is 359 g/mol. The van der Waals surface area contributed by atoms with E-state index < -0.39 is 0 Å². The van der Waals surface area contributed by atoms with Gasteiger partial charge in [-0.25, -0.2) is 4.98 Å². The first-order valence-corrected chi connectivity index (χ1v) is 9.93. The Morgan fingerprint density at radius 3 is 2.96 bits per heavy atom. The molecular weight excluding hydrogens is 334 g/mol. The molecule has 2 aromatic rings. The number of rotatable bonds is 6. The van der Waals surface area contributed by atoms with E-state index in [0.29, 0.717) is 6.79 Å². The van der Waals surface area contributed by atoms with Crippen molar-refractivity contribution in [1.29, 1.82) is 0 Å². The maximum Gasteiger partial charge on any atom is 0.231 e. The molecule has 134 valence electrons. The van der Waals surface area contributed by atoms with Crippen LogP contribution in [0.15, 0.2) is 23.6 Å². The number of thiazole rings is 1. The van der Waals surface area contributed by atoms with Gasteiger partial charge in [0.1, 0.15) is 5.01 Å². The second kappa shape index (κ2) is 7.72. The Bertz CT molecular complexity index is 710. The molecule has 0 radical (unpaired) electrons. The number of nitrogens with zero attached hydrogens (tertiary/aromatic N) is 2. The lowest BCUT2D eigenvalue weighted by molar-refractivity contribution is 0.174. The number of aromatic nitrogens is 1. The lowest BCUT2D eigenvalue weighted by Gasteiger charge is -2.30. The predicted octanol–water partition coefficient (Wildman–Crippen LogP) is 3.36. The van der Waals surface area contributed by atoms with Gasteiger partial charge in [-0.2, -0.15) is 0 Å². The first-order valence-electron chi connectivity index (χ1n) is 9.05. The molecule has 0 unspecified atom stereocenters. The topological polar surface area (TPSA) is 46.6 Å². The van der Waals surface area contributed by atoms with Gasteiger partial charge in [0.15, 0.2) is 11.5 Å². The zero-order chi connectivity index (χ0) is 17.1. The second-order valence-corrected chi connectivity index (χ2v) is 7.77. The van der Waals surface area contributed by atoms with Crippen LogP contribution in [0, 0.1) is 5.92 Å². The minimum atomic E-state index is 0.307. The van der Waals surface area contributed by atoms with Crippen molar-refractivity contribution in [3.8, 4) is 22.1 Å². The van der Waals surface area contributed by atoms with Gasteiger partial charge >= 0.3 is 0 Å². The van der Waals surface area contributed by atoms with Gasteiger partial charge in [-0.05, 0) is 50.0 Å². The van der Waals surface area contributed by atoms with Crippen LogP contribution < -0.4 is 14.8 Å². The number of nitrogens with one attached hydrogen (secondary N) is 1. The monoisotopic (exact) mass is 359 g/mol. The van der Waals surface area contributed by atoms with Crippen molar-refractivity contribution in [2.45, 2.75) is 26.3 Å². The van der Waals surface area contributed by atoms with E-state index in [2.05, 4.69) is 22.5 Å². The number of ether oxygens (including phenoxy) is 2. The number of piperidine rings is 1. The van der Waals surface area contributed by atoms with E-state index in [4.69, 9.17) is 14.5 Å². The lowest BCUT2D eigenvalue weighted by Crippen LogP contribution is -2.37. The standard InChI is InChI=1S/C19H25N3O2S/c1-14-4-7-22(8-5-14)9-6-20-11-16-12-25-19(21-16)15-2-3-17-18(10-15)24-13-23-17/h2-3,10,12,14,20H,4-9,11,13H2,1H3. The van der Waals surface area contributed by atoms with E-state index in [0.717, 1.165) is 53.3 Å². The highest BCUT2D eigenvalue weighted by molar-refractivity contribution is 7.13. The molecule has 1 saturated heterocycles. The first-order chi connectivity index (χ1) is 12.3. The molecule has 0 amide bonds. The maximum absolute atomic E-state index is 5.45. The molecule has 4 rings (SSSR count). The van der Waals surface area contributed by atoms with Gasteiger partial charge < -0.3 is 19.7 Å². The molecule has 5 nitrogen and oxygen atoms in total. The average Bonchev–Trinajstić information content (AvgIpc) is 3.29. The molecule has 0 aliphatic carbocycles. The van der Waals surface area contributed by atoms with E-state index in [9.17, 15) is 0 Å². The summed E-state index contributed by atoms with van der Waals surface area (Å²) in [4.78, 5) is 7.31. The third-order valence-electron chi connectivity index (χ3n) is 4.96. The summed E-state index contributed by atoms with van der Waals surface area (Å²) in [5, 5.41) is 6.69. The summed E-state index contributed by atoms with van der Waals surface area (Å²) in [6.07, 6.45) is 2.68. The van der Waals surface area contributed by atoms with Crippen LogP contribution in [-0.4, -0.2) is 42.9 Å². The molecule has 0 saturated carbocycles. The largest absolute Gasteiger partial charge is 0.454 e.